The number of hydrogen-bond acceptors (Lipinski definition) is 7. The molecule has 0 aliphatic rings. The molecule has 148 valence electrons. The molecule has 0 bridgehead atoms. The molecule has 0 aliphatic carbocycles. The molecule has 1 unspecified atom stereocenters. The van der Waals surface area contributed by atoms with E-state index in [1.165, 1.54) is 43.8 Å². The Labute approximate surface area is 168 Å². The average molecular weight is 414 g/mol. The van der Waals surface area contributed by atoms with Gasteiger partial charge in [0.25, 0.3) is 0 Å². The van der Waals surface area contributed by atoms with Crippen LogP contribution in [-0.4, -0.2) is 28.3 Å². The number of ether oxygens (including phenoxy) is 1. The van der Waals surface area contributed by atoms with Crippen LogP contribution in [0.25, 0.3) is 11.4 Å². The van der Waals surface area contributed by atoms with Gasteiger partial charge in [-0.1, -0.05) is 10.7 Å². The molecule has 2 aromatic carbocycles. The van der Waals surface area contributed by atoms with Gasteiger partial charge in [0.2, 0.25) is 12.1 Å². The molecule has 0 saturated carbocycles. The quantitative estimate of drug-likeness (QED) is 0.613. The van der Waals surface area contributed by atoms with Gasteiger partial charge < -0.3 is 10.1 Å². The predicted molar refractivity (Wildman–Crippen MR) is 106 cm³/mol. The standard InChI is InChI=1S/C19H16F2N6OS/c1-28-17-8-13(20)3-4-16(17)18-23-11-24-19(27-18)26-15-6-12(5-14(21)7-15)9-29(2)25-10-22/h3-8,11H,9H2,1-2H3,(H,23,24,26,27). The van der Waals surface area contributed by atoms with Gasteiger partial charge in [0.1, 0.15) is 23.7 Å². The fourth-order valence-electron chi connectivity index (χ4n) is 2.61. The van der Waals surface area contributed by atoms with Gasteiger partial charge in [0.15, 0.2) is 5.82 Å². The highest BCUT2D eigenvalue weighted by atomic mass is 32.2. The van der Waals surface area contributed by atoms with E-state index in [-0.39, 0.29) is 17.5 Å². The van der Waals surface area contributed by atoms with Crippen LogP contribution in [0.3, 0.4) is 0 Å². The van der Waals surface area contributed by atoms with E-state index in [9.17, 15) is 8.78 Å². The number of nitrogens with one attached hydrogen (secondary N) is 1. The number of rotatable bonds is 6. The lowest BCUT2D eigenvalue weighted by Crippen LogP contribution is -2.02. The van der Waals surface area contributed by atoms with Crippen LogP contribution in [0.1, 0.15) is 5.56 Å². The summed E-state index contributed by atoms with van der Waals surface area (Å²) in [5, 5.41) is 11.6. The highest BCUT2D eigenvalue weighted by molar-refractivity contribution is 7.85. The van der Waals surface area contributed by atoms with Crippen molar-refractivity contribution in [1.82, 2.24) is 15.0 Å². The summed E-state index contributed by atoms with van der Waals surface area (Å²) in [6.07, 6.45) is 4.85. The normalized spacial score (nSPS) is 11.7. The van der Waals surface area contributed by atoms with Crippen LogP contribution >= 0.6 is 0 Å². The fraction of sp³-hybridized carbons (Fsp3) is 0.158. The van der Waals surface area contributed by atoms with Crippen LogP contribution in [0.15, 0.2) is 47.1 Å². The minimum Gasteiger partial charge on any atom is -0.496 e. The van der Waals surface area contributed by atoms with Crippen molar-refractivity contribution in [3.63, 3.8) is 0 Å². The summed E-state index contributed by atoms with van der Waals surface area (Å²) < 4.78 is 36.4. The zero-order chi connectivity index (χ0) is 20.8. The topological polar surface area (TPSA) is 96.1 Å². The maximum Gasteiger partial charge on any atom is 0.230 e. The summed E-state index contributed by atoms with van der Waals surface area (Å²) in [6.45, 7) is 0. The Kier molecular flexibility index (Phi) is 6.41. The van der Waals surface area contributed by atoms with Crippen molar-refractivity contribution in [2.45, 2.75) is 5.75 Å². The Morgan fingerprint density at radius 1 is 1.17 bits per heavy atom. The van der Waals surface area contributed by atoms with Gasteiger partial charge in [0, 0.05) is 17.5 Å². The molecule has 0 amide bonds. The van der Waals surface area contributed by atoms with E-state index in [4.69, 9.17) is 10.00 Å². The Balaban J connectivity index is 1.89. The van der Waals surface area contributed by atoms with Crippen LogP contribution in [0.2, 0.25) is 0 Å². The van der Waals surface area contributed by atoms with Crippen molar-refractivity contribution in [2.75, 3.05) is 18.7 Å². The third kappa shape index (κ3) is 5.30. The van der Waals surface area contributed by atoms with Crippen LogP contribution in [0, 0.1) is 23.1 Å². The predicted octanol–water partition coefficient (Wildman–Crippen LogP) is 3.98. The first kappa shape index (κ1) is 20.3. The van der Waals surface area contributed by atoms with E-state index in [0.717, 1.165) is 0 Å². The Bertz CT molecular complexity index is 1120. The van der Waals surface area contributed by atoms with E-state index in [2.05, 4.69) is 24.6 Å². The second-order valence-electron chi connectivity index (χ2n) is 5.89. The molecule has 1 N–H and O–H groups in total. The van der Waals surface area contributed by atoms with Gasteiger partial charge >= 0.3 is 0 Å². The summed E-state index contributed by atoms with van der Waals surface area (Å²) in [5.74, 6) is 0.312. The smallest absolute Gasteiger partial charge is 0.230 e. The van der Waals surface area contributed by atoms with Crippen LogP contribution < -0.4 is 10.1 Å². The van der Waals surface area contributed by atoms with Crippen molar-refractivity contribution in [2.24, 2.45) is 4.36 Å². The summed E-state index contributed by atoms with van der Waals surface area (Å²) in [5.41, 5.74) is 1.62. The third-order valence-corrected chi connectivity index (χ3v) is 4.91. The first-order valence-electron chi connectivity index (χ1n) is 8.30. The summed E-state index contributed by atoms with van der Waals surface area (Å²) in [6, 6.07) is 8.46. The molecule has 3 aromatic rings. The van der Waals surface area contributed by atoms with E-state index in [1.54, 1.807) is 18.5 Å². The van der Waals surface area contributed by atoms with Crippen LogP contribution in [0.5, 0.6) is 5.75 Å². The van der Waals surface area contributed by atoms with E-state index >= 15 is 0 Å². The molecule has 29 heavy (non-hydrogen) atoms. The maximum absolute atomic E-state index is 14.0. The molecule has 0 fully saturated rings. The molecular formula is C19H16F2N6OS. The molecule has 0 spiro atoms. The van der Waals surface area contributed by atoms with Gasteiger partial charge in [-0.05, 0) is 42.2 Å². The van der Waals surface area contributed by atoms with Gasteiger partial charge in [-0.15, -0.1) is 0 Å². The summed E-state index contributed by atoms with van der Waals surface area (Å²) in [4.78, 5) is 12.5. The van der Waals surface area contributed by atoms with Gasteiger partial charge in [-0.2, -0.15) is 14.6 Å². The number of methoxy groups -OCH3 is 1. The molecular weight excluding hydrogens is 398 g/mol. The highest BCUT2D eigenvalue weighted by Gasteiger charge is 2.12. The Morgan fingerprint density at radius 2 is 2.00 bits per heavy atom. The maximum atomic E-state index is 14.0. The van der Waals surface area contributed by atoms with Crippen molar-refractivity contribution in [1.29, 1.82) is 5.26 Å². The number of nitriles is 1. The van der Waals surface area contributed by atoms with Gasteiger partial charge in [0.05, 0.1) is 12.7 Å². The third-order valence-electron chi connectivity index (χ3n) is 3.76. The first-order chi connectivity index (χ1) is 14.0. The second-order valence-corrected chi connectivity index (χ2v) is 7.56. The van der Waals surface area contributed by atoms with E-state index < -0.39 is 22.3 Å². The fourth-order valence-corrected chi connectivity index (χ4v) is 3.47. The van der Waals surface area contributed by atoms with Crippen LogP contribution in [-0.2, 0) is 16.4 Å². The van der Waals surface area contributed by atoms with Crippen molar-refractivity contribution in [3.05, 3.63) is 59.9 Å². The van der Waals surface area contributed by atoms with Crippen molar-refractivity contribution < 1.29 is 13.5 Å². The minimum absolute atomic E-state index is 0.190. The number of halogens is 2. The molecule has 0 saturated heterocycles. The largest absolute Gasteiger partial charge is 0.496 e. The molecule has 0 aliphatic heterocycles. The molecule has 7 nitrogen and oxygen atoms in total. The molecule has 10 heteroatoms. The lowest BCUT2D eigenvalue weighted by atomic mass is 10.2. The number of nitrogens with zero attached hydrogens (tertiary/aromatic N) is 5. The van der Waals surface area contributed by atoms with Gasteiger partial charge in [-0.3, -0.25) is 0 Å². The number of anilines is 2. The van der Waals surface area contributed by atoms with Crippen LogP contribution in [0.4, 0.5) is 20.4 Å². The summed E-state index contributed by atoms with van der Waals surface area (Å²) in [7, 11) is 0.889. The van der Waals surface area contributed by atoms with E-state index in [0.29, 0.717) is 22.6 Å². The number of aromatic nitrogens is 3. The second kappa shape index (κ2) is 9.16. The van der Waals surface area contributed by atoms with Gasteiger partial charge in [-0.25, -0.2) is 18.7 Å². The molecule has 1 atom stereocenters. The zero-order valence-electron chi connectivity index (χ0n) is 15.6. The summed E-state index contributed by atoms with van der Waals surface area (Å²) >= 11 is 0. The lowest BCUT2D eigenvalue weighted by molar-refractivity contribution is 0.412. The minimum atomic E-state index is -0.535. The zero-order valence-corrected chi connectivity index (χ0v) is 16.4. The Hall–Kier alpha value is -3.45. The number of hydrogen-bond donors (Lipinski definition) is 1. The van der Waals surface area contributed by atoms with E-state index in [1.807, 2.05) is 0 Å². The Morgan fingerprint density at radius 3 is 2.76 bits per heavy atom. The van der Waals surface area contributed by atoms with Crippen molar-refractivity contribution in [3.8, 4) is 23.3 Å². The molecule has 1 aromatic heterocycles. The molecule has 1 heterocycles. The monoisotopic (exact) mass is 414 g/mol. The highest BCUT2D eigenvalue weighted by Crippen LogP contribution is 2.28. The molecule has 0 radical (unpaired) electrons. The van der Waals surface area contributed by atoms with Crippen molar-refractivity contribution >= 4 is 22.3 Å². The number of benzene rings is 2. The molecule has 3 rings (SSSR count). The SMILES string of the molecule is COc1cc(F)ccc1-c1ncnc(Nc2cc(F)cc(C/S(C)=N\C#N)c2)n1. The lowest BCUT2D eigenvalue weighted by Gasteiger charge is -2.10. The first-order valence-corrected chi connectivity index (χ1v) is 10.1. The average Bonchev–Trinajstić information content (AvgIpc) is 2.67.